The third-order valence-electron chi connectivity index (χ3n) is 5.57. The molecule has 1 aliphatic carbocycles. The lowest BCUT2D eigenvalue weighted by Crippen LogP contribution is -2.49. The molecule has 0 spiro atoms. The highest BCUT2D eigenvalue weighted by Crippen LogP contribution is 2.43. The van der Waals surface area contributed by atoms with Crippen LogP contribution in [-0.2, 0) is 0 Å². The zero-order valence-electron chi connectivity index (χ0n) is 16.2. The standard InChI is InChI=1S/C23H24N2OSi/c1-25-16-10-12-19-22(14-16)27(3,4)21-13-15(24)9-11-18(21)23(19)17-7-5-6-8-20(17)26-2/h5-14H,24H2,1-4H3. The van der Waals surface area contributed by atoms with Crippen molar-refractivity contribution in [2.45, 2.75) is 13.1 Å². The van der Waals surface area contributed by atoms with Gasteiger partial charge in [-0.25, -0.2) is 0 Å². The molecule has 27 heavy (non-hydrogen) atoms. The summed E-state index contributed by atoms with van der Waals surface area (Å²) in [5, 5.41) is 2.76. The summed E-state index contributed by atoms with van der Waals surface area (Å²) >= 11 is 0. The van der Waals surface area contributed by atoms with Crippen molar-refractivity contribution in [1.82, 2.24) is 0 Å². The molecule has 0 radical (unpaired) electrons. The smallest absolute Gasteiger partial charge is 0.126 e. The molecule has 0 aromatic heterocycles. The van der Waals surface area contributed by atoms with Crippen LogP contribution in [-0.4, -0.2) is 27.9 Å². The van der Waals surface area contributed by atoms with Crippen molar-refractivity contribution in [2.75, 3.05) is 19.9 Å². The van der Waals surface area contributed by atoms with Crippen molar-refractivity contribution in [3.63, 3.8) is 0 Å². The second-order valence-electron chi connectivity index (χ2n) is 7.46. The molecular formula is C23H24N2OSi. The minimum atomic E-state index is -1.91. The minimum Gasteiger partial charge on any atom is -0.496 e. The molecule has 1 heterocycles. The lowest BCUT2D eigenvalue weighted by molar-refractivity contribution is 0.413. The highest BCUT2D eigenvalue weighted by atomic mass is 28.3. The number of rotatable bonds is 2. The van der Waals surface area contributed by atoms with Crippen molar-refractivity contribution in [3.8, 4) is 5.75 Å². The van der Waals surface area contributed by atoms with Gasteiger partial charge in [-0.05, 0) is 57.4 Å². The SMILES string of the molecule is CN=C1C=CC2=C(c3ccccc3OC)c3ccc(N)cc3[Si](C)(C)C2=C1. The first-order chi connectivity index (χ1) is 13.0. The largest absolute Gasteiger partial charge is 0.496 e. The predicted octanol–water partition coefficient (Wildman–Crippen LogP) is 4.11. The van der Waals surface area contributed by atoms with E-state index in [-0.39, 0.29) is 0 Å². The number of nitrogen functional groups attached to an aromatic ring is 1. The molecule has 2 aromatic rings. The quantitative estimate of drug-likeness (QED) is 0.637. The summed E-state index contributed by atoms with van der Waals surface area (Å²) in [7, 11) is 1.66. The molecule has 0 saturated carbocycles. The fourth-order valence-electron chi connectivity index (χ4n) is 4.13. The molecule has 0 amide bonds. The van der Waals surface area contributed by atoms with Crippen molar-refractivity contribution in [1.29, 1.82) is 0 Å². The van der Waals surface area contributed by atoms with E-state index in [1.54, 1.807) is 7.11 Å². The van der Waals surface area contributed by atoms with Crippen LogP contribution in [0.2, 0.25) is 13.1 Å². The van der Waals surface area contributed by atoms with Gasteiger partial charge in [0, 0.05) is 18.3 Å². The Morgan fingerprint density at radius 1 is 1.00 bits per heavy atom. The molecule has 2 N–H and O–H groups in total. The third kappa shape index (κ3) is 2.68. The number of methoxy groups -OCH3 is 1. The van der Waals surface area contributed by atoms with Crippen molar-refractivity contribution in [2.24, 2.45) is 4.99 Å². The van der Waals surface area contributed by atoms with E-state index < -0.39 is 8.07 Å². The van der Waals surface area contributed by atoms with Gasteiger partial charge in [0.25, 0.3) is 0 Å². The Morgan fingerprint density at radius 2 is 1.78 bits per heavy atom. The number of aliphatic imine (C=N–C) groups is 1. The van der Waals surface area contributed by atoms with Crippen LogP contribution >= 0.6 is 0 Å². The van der Waals surface area contributed by atoms with Crippen molar-refractivity contribution >= 4 is 30.2 Å². The van der Waals surface area contributed by atoms with E-state index >= 15 is 0 Å². The van der Waals surface area contributed by atoms with Crippen LogP contribution in [0.4, 0.5) is 5.69 Å². The Labute approximate surface area is 161 Å². The van der Waals surface area contributed by atoms with Gasteiger partial charge < -0.3 is 10.5 Å². The first-order valence-electron chi connectivity index (χ1n) is 9.13. The summed E-state index contributed by atoms with van der Waals surface area (Å²) in [4.78, 5) is 4.41. The maximum atomic E-state index is 6.19. The molecule has 0 fully saturated rings. The fraction of sp³-hybridized carbons (Fsp3) is 0.174. The van der Waals surface area contributed by atoms with E-state index in [0.717, 1.165) is 22.7 Å². The molecule has 0 atom stereocenters. The summed E-state index contributed by atoms with van der Waals surface area (Å²) in [6.45, 7) is 4.78. The van der Waals surface area contributed by atoms with Gasteiger partial charge in [-0.2, -0.15) is 0 Å². The number of hydrogen-bond donors (Lipinski definition) is 1. The highest BCUT2D eigenvalue weighted by molar-refractivity contribution is 6.98. The summed E-state index contributed by atoms with van der Waals surface area (Å²) in [5.74, 6) is 0.881. The summed E-state index contributed by atoms with van der Waals surface area (Å²) in [5.41, 5.74) is 12.9. The van der Waals surface area contributed by atoms with Gasteiger partial charge in [0.1, 0.15) is 13.8 Å². The molecule has 0 saturated heterocycles. The number of benzene rings is 2. The van der Waals surface area contributed by atoms with Crippen LogP contribution in [0.3, 0.4) is 0 Å². The van der Waals surface area contributed by atoms with Crippen LogP contribution in [0, 0.1) is 0 Å². The second kappa shape index (κ2) is 6.39. The van der Waals surface area contributed by atoms with Gasteiger partial charge in [-0.1, -0.05) is 43.4 Å². The van der Waals surface area contributed by atoms with Crippen LogP contribution in [0.1, 0.15) is 11.1 Å². The average molecular weight is 373 g/mol. The van der Waals surface area contributed by atoms with Gasteiger partial charge in [0.2, 0.25) is 0 Å². The minimum absolute atomic E-state index is 0.813. The molecule has 4 rings (SSSR count). The maximum absolute atomic E-state index is 6.19. The topological polar surface area (TPSA) is 47.6 Å². The number of hydrogen-bond acceptors (Lipinski definition) is 3. The molecule has 2 aromatic carbocycles. The third-order valence-corrected chi connectivity index (χ3v) is 9.09. The van der Waals surface area contributed by atoms with E-state index in [4.69, 9.17) is 10.5 Å². The fourth-order valence-corrected chi connectivity index (χ4v) is 7.22. The van der Waals surface area contributed by atoms with Gasteiger partial charge in [-0.3, -0.25) is 4.99 Å². The molecule has 4 heteroatoms. The van der Waals surface area contributed by atoms with Gasteiger partial charge in [0.15, 0.2) is 0 Å². The Bertz CT molecular complexity index is 1060. The van der Waals surface area contributed by atoms with E-state index in [1.807, 2.05) is 25.2 Å². The Hall–Kier alpha value is -2.85. The zero-order chi connectivity index (χ0) is 19.2. The van der Waals surface area contributed by atoms with Crippen molar-refractivity contribution in [3.05, 3.63) is 82.6 Å². The zero-order valence-corrected chi connectivity index (χ0v) is 17.2. The molecule has 3 nitrogen and oxygen atoms in total. The Morgan fingerprint density at radius 3 is 2.52 bits per heavy atom. The van der Waals surface area contributed by atoms with Crippen LogP contribution in [0.15, 0.2) is 76.5 Å². The van der Waals surface area contributed by atoms with Gasteiger partial charge in [0.05, 0.1) is 12.8 Å². The lowest BCUT2D eigenvalue weighted by atomic mass is 9.89. The predicted molar refractivity (Wildman–Crippen MR) is 118 cm³/mol. The van der Waals surface area contributed by atoms with Gasteiger partial charge in [-0.15, -0.1) is 0 Å². The van der Waals surface area contributed by atoms with E-state index in [9.17, 15) is 0 Å². The molecule has 0 unspecified atom stereocenters. The molecule has 1 aliphatic heterocycles. The van der Waals surface area contributed by atoms with Crippen LogP contribution in [0.5, 0.6) is 5.75 Å². The first-order valence-corrected chi connectivity index (χ1v) is 12.1. The maximum Gasteiger partial charge on any atom is 0.126 e. The number of para-hydroxylation sites is 1. The second-order valence-corrected chi connectivity index (χ2v) is 11.8. The normalized spacial score (nSPS) is 18.8. The summed E-state index contributed by atoms with van der Waals surface area (Å²) in [6.07, 6.45) is 6.57. The number of anilines is 1. The highest BCUT2D eigenvalue weighted by Gasteiger charge is 2.39. The Kier molecular flexibility index (Phi) is 4.16. The number of allylic oxidation sites excluding steroid dienone is 5. The molecule has 136 valence electrons. The van der Waals surface area contributed by atoms with Crippen molar-refractivity contribution < 1.29 is 4.74 Å². The van der Waals surface area contributed by atoms with E-state index in [2.05, 4.69) is 60.6 Å². The summed E-state index contributed by atoms with van der Waals surface area (Å²) in [6, 6.07) is 14.6. The number of ether oxygens (including phenoxy) is 1. The van der Waals surface area contributed by atoms with Crippen LogP contribution in [0.25, 0.3) is 5.57 Å². The molecular weight excluding hydrogens is 348 g/mol. The van der Waals surface area contributed by atoms with Crippen LogP contribution < -0.4 is 15.7 Å². The van der Waals surface area contributed by atoms with E-state index in [1.165, 1.54) is 27.1 Å². The Balaban J connectivity index is 2.12. The first kappa shape index (κ1) is 17.6. The van der Waals surface area contributed by atoms with Gasteiger partial charge >= 0.3 is 0 Å². The van der Waals surface area contributed by atoms with E-state index in [0.29, 0.717) is 0 Å². The monoisotopic (exact) mass is 372 g/mol. The lowest BCUT2D eigenvalue weighted by Gasteiger charge is -2.38. The molecule has 0 bridgehead atoms. The number of nitrogens with zero attached hydrogens (tertiary/aromatic N) is 1. The molecule has 2 aliphatic rings. The number of nitrogens with two attached hydrogens (primary N) is 1. The number of fused-ring (bicyclic) bond motifs is 2. The summed E-state index contributed by atoms with van der Waals surface area (Å²) < 4.78 is 5.70. The average Bonchev–Trinajstić information content (AvgIpc) is 2.69.